The Morgan fingerprint density at radius 3 is 2.88 bits per heavy atom. The van der Waals surface area contributed by atoms with Crippen LogP contribution in [0.4, 0.5) is 5.69 Å². The highest BCUT2D eigenvalue weighted by Crippen LogP contribution is 2.23. The fourth-order valence-corrected chi connectivity index (χ4v) is 1.23. The van der Waals surface area contributed by atoms with E-state index in [1.54, 1.807) is 12.1 Å². The van der Waals surface area contributed by atoms with Crippen molar-refractivity contribution in [2.45, 2.75) is 13.0 Å². The van der Waals surface area contributed by atoms with Crippen molar-refractivity contribution in [3.05, 3.63) is 46.5 Å². The summed E-state index contributed by atoms with van der Waals surface area (Å²) in [6, 6.07) is 4.41. The predicted molar refractivity (Wildman–Crippen MR) is 61.3 cm³/mol. The van der Waals surface area contributed by atoms with E-state index in [1.807, 2.05) is 0 Å². The van der Waals surface area contributed by atoms with Crippen LogP contribution in [0.5, 0.6) is 5.75 Å². The van der Waals surface area contributed by atoms with Crippen LogP contribution in [0.2, 0.25) is 0 Å². The summed E-state index contributed by atoms with van der Waals surface area (Å²) in [6.45, 7) is 4.29. The van der Waals surface area contributed by atoms with Crippen molar-refractivity contribution in [2.75, 3.05) is 6.61 Å². The summed E-state index contributed by atoms with van der Waals surface area (Å²) in [5.41, 5.74) is 6.16. The molecule has 5 nitrogen and oxygen atoms in total. The average Bonchev–Trinajstić information content (AvgIpc) is 2.29. The molecule has 1 rings (SSSR count). The monoisotopic (exact) mass is 222 g/mol. The zero-order valence-corrected chi connectivity index (χ0v) is 8.89. The second-order valence-corrected chi connectivity index (χ2v) is 3.18. The van der Waals surface area contributed by atoms with Crippen molar-refractivity contribution in [3.8, 4) is 5.75 Å². The van der Waals surface area contributed by atoms with Gasteiger partial charge >= 0.3 is 0 Å². The first-order valence-electron chi connectivity index (χ1n) is 4.90. The summed E-state index contributed by atoms with van der Waals surface area (Å²) in [5, 5.41) is 10.6. The number of nitro benzene ring substituents is 1. The lowest BCUT2D eigenvalue weighted by molar-refractivity contribution is -0.384. The third-order valence-electron chi connectivity index (χ3n) is 2.05. The van der Waals surface area contributed by atoms with Gasteiger partial charge in [-0.2, -0.15) is 0 Å². The van der Waals surface area contributed by atoms with Gasteiger partial charge in [0, 0.05) is 24.2 Å². The number of benzene rings is 1. The smallest absolute Gasteiger partial charge is 0.270 e. The Balaban J connectivity index is 2.84. The molecule has 0 saturated carbocycles. The van der Waals surface area contributed by atoms with E-state index in [-0.39, 0.29) is 12.2 Å². The summed E-state index contributed by atoms with van der Waals surface area (Å²) >= 11 is 0. The first-order valence-corrected chi connectivity index (χ1v) is 4.90. The Hall–Kier alpha value is -1.88. The van der Waals surface area contributed by atoms with Gasteiger partial charge < -0.3 is 10.5 Å². The fourth-order valence-electron chi connectivity index (χ4n) is 1.23. The molecule has 0 spiro atoms. The van der Waals surface area contributed by atoms with Crippen LogP contribution in [-0.4, -0.2) is 11.5 Å². The van der Waals surface area contributed by atoms with Crippen LogP contribution >= 0.6 is 0 Å². The number of nitrogens with zero attached hydrogens (tertiary/aromatic N) is 1. The van der Waals surface area contributed by atoms with Gasteiger partial charge in [0.15, 0.2) is 0 Å². The topological polar surface area (TPSA) is 78.4 Å². The highest BCUT2D eigenvalue weighted by Gasteiger charge is 2.10. The molecule has 0 aliphatic rings. The number of ether oxygens (including phenoxy) is 1. The van der Waals surface area contributed by atoms with Gasteiger partial charge in [0.1, 0.15) is 5.75 Å². The van der Waals surface area contributed by atoms with Gasteiger partial charge in [-0.1, -0.05) is 6.08 Å². The molecule has 0 fully saturated rings. The summed E-state index contributed by atoms with van der Waals surface area (Å²) in [4.78, 5) is 10.1. The number of hydrogen-bond acceptors (Lipinski definition) is 4. The lowest BCUT2D eigenvalue weighted by Crippen LogP contribution is -2.04. The van der Waals surface area contributed by atoms with Crippen molar-refractivity contribution in [2.24, 2.45) is 5.73 Å². The fraction of sp³-hybridized carbons (Fsp3) is 0.273. The second-order valence-electron chi connectivity index (χ2n) is 3.18. The summed E-state index contributed by atoms with van der Waals surface area (Å²) in [7, 11) is 0. The quantitative estimate of drug-likeness (QED) is 0.345. The molecule has 1 aromatic carbocycles. The van der Waals surface area contributed by atoms with Crippen LogP contribution in [0.1, 0.15) is 12.0 Å². The second kappa shape index (κ2) is 5.87. The van der Waals surface area contributed by atoms with Gasteiger partial charge in [-0.05, 0) is 12.5 Å². The molecule has 5 heteroatoms. The summed E-state index contributed by atoms with van der Waals surface area (Å²) in [5.74, 6) is 0.593. The number of nitrogens with two attached hydrogens (primary N) is 1. The van der Waals surface area contributed by atoms with Gasteiger partial charge in [0.05, 0.1) is 11.5 Å². The minimum absolute atomic E-state index is 0.0246. The van der Waals surface area contributed by atoms with Crippen LogP contribution < -0.4 is 10.5 Å². The Bertz CT molecular complexity index is 391. The molecule has 0 bridgehead atoms. The molecule has 0 unspecified atom stereocenters. The number of nitro groups is 1. The zero-order valence-electron chi connectivity index (χ0n) is 8.89. The van der Waals surface area contributed by atoms with Crippen molar-refractivity contribution in [3.63, 3.8) is 0 Å². The van der Waals surface area contributed by atoms with Crippen LogP contribution in [0.25, 0.3) is 0 Å². The van der Waals surface area contributed by atoms with Crippen LogP contribution in [-0.2, 0) is 6.54 Å². The van der Waals surface area contributed by atoms with Gasteiger partial charge in [0.2, 0.25) is 0 Å². The van der Waals surface area contributed by atoms with Gasteiger partial charge in [-0.3, -0.25) is 10.1 Å². The minimum Gasteiger partial charge on any atom is -0.493 e. The largest absolute Gasteiger partial charge is 0.493 e. The van der Waals surface area contributed by atoms with E-state index in [4.69, 9.17) is 10.5 Å². The molecular formula is C11H14N2O3. The van der Waals surface area contributed by atoms with Crippen molar-refractivity contribution >= 4 is 5.69 Å². The lowest BCUT2D eigenvalue weighted by Gasteiger charge is -2.08. The van der Waals surface area contributed by atoms with E-state index in [9.17, 15) is 10.1 Å². The van der Waals surface area contributed by atoms with E-state index in [1.165, 1.54) is 12.1 Å². The third-order valence-corrected chi connectivity index (χ3v) is 2.05. The normalized spacial score (nSPS) is 9.81. The molecule has 16 heavy (non-hydrogen) atoms. The van der Waals surface area contributed by atoms with E-state index >= 15 is 0 Å². The highest BCUT2D eigenvalue weighted by molar-refractivity contribution is 5.43. The molecule has 0 amide bonds. The standard InChI is InChI=1S/C11H14N2O3/c1-2-3-6-16-11-5-4-10(13(14)15)7-9(11)8-12/h2,4-5,7H,1,3,6,8,12H2. The predicted octanol–water partition coefficient (Wildman–Crippen LogP) is 2.01. The molecule has 0 heterocycles. The van der Waals surface area contributed by atoms with Crippen LogP contribution in [0.15, 0.2) is 30.9 Å². The SMILES string of the molecule is C=CCCOc1ccc([N+](=O)[O-])cc1CN. The molecule has 0 radical (unpaired) electrons. The first kappa shape index (κ1) is 12.2. The molecule has 0 atom stereocenters. The Labute approximate surface area is 93.7 Å². The highest BCUT2D eigenvalue weighted by atomic mass is 16.6. The maximum absolute atomic E-state index is 10.6. The first-order chi connectivity index (χ1) is 7.69. The minimum atomic E-state index is -0.452. The molecule has 86 valence electrons. The van der Waals surface area contributed by atoms with Crippen LogP contribution in [0, 0.1) is 10.1 Å². The molecule has 0 aliphatic heterocycles. The maximum atomic E-state index is 10.6. The number of non-ortho nitro benzene ring substituents is 1. The Kier molecular flexibility index (Phi) is 4.47. The van der Waals surface area contributed by atoms with E-state index in [0.717, 1.165) is 6.42 Å². The van der Waals surface area contributed by atoms with Crippen molar-refractivity contribution < 1.29 is 9.66 Å². The van der Waals surface area contributed by atoms with Crippen molar-refractivity contribution in [1.82, 2.24) is 0 Å². The number of hydrogen-bond donors (Lipinski definition) is 1. The van der Waals surface area contributed by atoms with Gasteiger partial charge in [-0.25, -0.2) is 0 Å². The van der Waals surface area contributed by atoms with E-state index in [0.29, 0.717) is 17.9 Å². The average molecular weight is 222 g/mol. The van der Waals surface area contributed by atoms with E-state index in [2.05, 4.69) is 6.58 Å². The van der Waals surface area contributed by atoms with Gasteiger partial charge in [0.25, 0.3) is 5.69 Å². The molecule has 0 aromatic heterocycles. The maximum Gasteiger partial charge on any atom is 0.270 e. The summed E-state index contributed by atoms with van der Waals surface area (Å²) in [6.07, 6.45) is 2.47. The number of rotatable bonds is 6. The van der Waals surface area contributed by atoms with Crippen LogP contribution in [0.3, 0.4) is 0 Å². The third kappa shape index (κ3) is 3.06. The van der Waals surface area contributed by atoms with Gasteiger partial charge in [-0.15, -0.1) is 6.58 Å². The summed E-state index contributed by atoms with van der Waals surface area (Å²) < 4.78 is 5.43. The molecule has 2 N–H and O–H groups in total. The molecule has 1 aromatic rings. The molecule has 0 saturated heterocycles. The Morgan fingerprint density at radius 1 is 1.56 bits per heavy atom. The van der Waals surface area contributed by atoms with E-state index < -0.39 is 4.92 Å². The van der Waals surface area contributed by atoms with Crippen molar-refractivity contribution in [1.29, 1.82) is 0 Å². The molecule has 0 aliphatic carbocycles. The zero-order chi connectivity index (χ0) is 12.0. The molecular weight excluding hydrogens is 208 g/mol. The lowest BCUT2D eigenvalue weighted by atomic mass is 10.2. The Morgan fingerprint density at radius 2 is 2.31 bits per heavy atom.